The molecule has 0 bridgehead atoms. The molecule has 0 saturated carbocycles. The Bertz CT molecular complexity index is 819. The molecule has 0 aromatic rings. The number of sulfone groups is 1. The van der Waals surface area contributed by atoms with Crippen molar-refractivity contribution in [2.45, 2.75) is 32.8 Å². The summed E-state index contributed by atoms with van der Waals surface area (Å²) in [6.45, 7) is 2.89. The van der Waals surface area contributed by atoms with Crippen LogP contribution in [-0.4, -0.2) is 69.4 Å². The Kier molecular flexibility index (Phi) is 9.45. The monoisotopic (exact) mass is 446 g/mol. The topological polar surface area (TPSA) is 164 Å². The summed E-state index contributed by atoms with van der Waals surface area (Å²) in [7, 11) is -16.1. The van der Waals surface area contributed by atoms with Crippen LogP contribution in [0.5, 0.6) is 0 Å². The maximum atomic E-state index is 11.5. The summed E-state index contributed by atoms with van der Waals surface area (Å²) in [5, 5.41) is 0. The van der Waals surface area contributed by atoms with E-state index in [1.54, 1.807) is 0 Å². The second-order valence-electron chi connectivity index (χ2n) is 5.33. The highest BCUT2D eigenvalue weighted by molar-refractivity contribution is 7.92. The number of hydrogen-bond donors (Lipinski definition) is 0. The van der Waals surface area contributed by atoms with E-state index in [0.29, 0.717) is 0 Å². The van der Waals surface area contributed by atoms with Crippen LogP contribution < -0.4 is 0 Å². The summed E-state index contributed by atoms with van der Waals surface area (Å²) >= 11 is 0. The molecule has 0 atom stereocenters. The molecule has 0 fully saturated rings. The fourth-order valence-corrected chi connectivity index (χ4v) is 5.63. The van der Waals surface area contributed by atoms with Gasteiger partial charge in [-0.3, -0.25) is 12.5 Å². The van der Waals surface area contributed by atoms with Crippen molar-refractivity contribution in [3.05, 3.63) is 0 Å². The third-order valence-electron chi connectivity index (χ3n) is 2.19. The SMILES string of the molecule is CC(C)OS(=O)(=O)COS(=O)(=O)CCCCS(=O)(=O)OCS(C)(=O)=O. The number of unbranched alkanes of at least 4 members (excludes halogenated alkanes) is 1. The lowest BCUT2D eigenvalue weighted by Gasteiger charge is -2.09. The van der Waals surface area contributed by atoms with Crippen molar-refractivity contribution in [3.63, 3.8) is 0 Å². The quantitative estimate of drug-likeness (QED) is 0.256. The molecule has 0 rings (SSSR count). The third kappa shape index (κ3) is 14.5. The second kappa shape index (κ2) is 9.57. The van der Waals surface area contributed by atoms with Gasteiger partial charge in [0.2, 0.25) is 0 Å². The fraction of sp³-hybridized carbons (Fsp3) is 1.00. The van der Waals surface area contributed by atoms with Gasteiger partial charge in [0.15, 0.2) is 21.7 Å². The Morgan fingerprint density at radius 3 is 1.44 bits per heavy atom. The van der Waals surface area contributed by atoms with Crippen LogP contribution in [0.2, 0.25) is 0 Å². The van der Waals surface area contributed by atoms with Crippen LogP contribution in [0.3, 0.4) is 0 Å². The van der Waals surface area contributed by atoms with Crippen molar-refractivity contribution in [2.24, 2.45) is 0 Å². The van der Waals surface area contributed by atoms with Crippen molar-refractivity contribution < 1.29 is 46.2 Å². The molecule has 0 saturated heterocycles. The minimum atomic E-state index is -4.19. The molecule has 0 aliphatic rings. The molecule has 11 nitrogen and oxygen atoms in total. The first-order valence-electron chi connectivity index (χ1n) is 6.86. The molecule has 0 aromatic heterocycles. The highest BCUT2D eigenvalue weighted by Gasteiger charge is 2.21. The molecule has 0 spiro atoms. The van der Waals surface area contributed by atoms with E-state index in [1.807, 2.05) is 0 Å². The lowest BCUT2D eigenvalue weighted by Crippen LogP contribution is -2.21. The summed E-state index contributed by atoms with van der Waals surface area (Å²) < 4.78 is 103. The van der Waals surface area contributed by atoms with Crippen molar-refractivity contribution in [3.8, 4) is 0 Å². The van der Waals surface area contributed by atoms with E-state index < -0.39 is 69.7 Å². The van der Waals surface area contributed by atoms with E-state index in [1.165, 1.54) is 13.8 Å². The van der Waals surface area contributed by atoms with Crippen LogP contribution in [0.15, 0.2) is 0 Å². The van der Waals surface area contributed by atoms with Crippen molar-refractivity contribution in [1.29, 1.82) is 0 Å². The van der Waals surface area contributed by atoms with Crippen LogP contribution in [0.4, 0.5) is 0 Å². The first kappa shape index (κ1) is 24.7. The number of rotatable bonds is 13. The average molecular weight is 447 g/mol. The van der Waals surface area contributed by atoms with E-state index in [2.05, 4.69) is 12.5 Å². The predicted molar refractivity (Wildman–Crippen MR) is 88.7 cm³/mol. The predicted octanol–water partition coefficient (Wildman–Crippen LogP) is -0.826. The Balaban J connectivity index is 4.31. The molecular weight excluding hydrogens is 424 g/mol. The van der Waals surface area contributed by atoms with Crippen LogP contribution in [-0.2, 0) is 52.7 Å². The zero-order chi connectivity index (χ0) is 19.9. The standard InChI is InChI=1S/C10H22O11S4/c1-10(2)21-25(17,18)9-20-24(15,16)7-5-4-6-23(13,14)19-8-22(3,11)12/h10H,4-9H2,1-3H3. The molecule has 0 aliphatic carbocycles. The smallest absolute Gasteiger partial charge is 0.266 e. The lowest BCUT2D eigenvalue weighted by atomic mass is 10.4. The molecule has 0 unspecified atom stereocenters. The summed E-state index contributed by atoms with van der Waals surface area (Å²) in [6, 6.07) is 0. The van der Waals surface area contributed by atoms with Gasteiger partial charge >= 0.3 is 0 Å². The molecule has 0 radical (unpaired) electrons. The lowest BCUT2D eigenvalue weighted by molar-refractivity contribution is 0.233. The minimum absolute atomic E-state index is 0.149. The van der Waals surface area contributed by atoms with Gasteiger partial charge < -0.3 is 0 Å². The van der Waals surface area contributed by atoms with E-state index in [0.717, 1.165) is 6.26 Å². The van der Waals surface area contributed by atoms with Crippen LogP contribution >= 0.6 is 0 Å². The first-order valence-corrected chi connectivity index (χ1v) is 13.7. The Labute approximate surface area is 148 Å². The van der Waals surface area contributed by atoms with E-state index >= 15 is 0 Å². The van der Waals surface area contributed by atoms with Crippen molar-refractivity contribution in [2.75, 3.05) is 29.6 Å². The van der Waals surface area contributed by atoms with E-state index in [-0.39, 0.29) is 12.8 Å². The highest BCUT2D eigenvalue weighted by atomic mass is 32.2. The van der Waals surface area contributed by atoms with Crippen LogP contribution in [0.25, 0.3) is 0 Å². The molecular formula is C10H22O11S4. The van der Waals surface area contributed by atoms with Gasteiger partial charge in [-0.2, -0.15) is 25.3 Å². The summed E-state index contributed by atoms with van der Waals surface area (Å²) in [5.41, 5.74) is 0. The maximum Gasteiger partial charge on any atom is 0.293 e. The van der Waals surface area contributed by atoms with E-state index in [9.17, 15) is 33.7 Å². The van der Waals surface area contributed by atoms with Gasteiger partial charge in [0, 0.05) is 6.26 Å². The van der Waals surface area contributed by atoms with Crippen LogP contribution in [0, 0.1) is 0 Å². The minimum Gasteiger partial charge on any atom is -0.266 e. The molecule has 0 heterocycles. The third-order valence-corrected chi connectivity index (χ3v) is 6.65. The molecule has 15 heteroatoms. The molecule has 0 N–H and O–H groups in total. The average Bonchev–Trinajstić information content (AvgIpc) is 2.38. The molecule has 0 aliphatic heterocycles. The molecule has 0 amide bonds. The van der Waals surface area contributed by atoms with Gasteiger partial charge in [-0.25, -0.2) is 8.42 Å². The van der Waals surface area contributed by atoms with Gasteiger partial charge in [0.25, 0.3) is 30.4 Å². The Morgan fingerprint density at radius 2 is 1.08 bits per heavy atom. The molecule has 25 heavy (non-hydrogen) atoms. The van der Waals surface area contributed by atoms with Crippen molar-refractivity contribution >= 4 is 40.2 Å². The highest BCUT2D eigenvalue weighted by Crippen LogP contribution is 2.07. The number of hydrogen-bond acceptors (Lipinski definition) is 11. The van der Waals surface area contributed by atoms with Gasteiger partial charge in [0.05, 0.1) is 17.6 Å². The fourth-order valence-electron chi connectivity index (χ4n) is 1.29. The summed E-state index contributed by atoms with van der Waals surface area (Å²) in [6.07, 6.45) is -0.184. The summed E-state index contributed by atoms with van der Waals surface area (Å²) in [5.74, 6) is -3.38. The van der Waals surface area contributed by atoms with Gasteiger partial charge in [-0.1, -0.05) is 0 Å². The van der Waals surface area contributed by atoms with Gasteiger partial charge in [0.1, 0.15) is 0 Å². The molecule has 152 valence electrons. The van der Waals surface area contributed by atoms with Gasteiger partial charge in [-0.15, -0.1) is 0 Å². The zero-order valence-electron chi connectivity index (χ0n) is 13.9. The second-order valence-corrected chi connectivity index (χ2v) is 12.5. The van der Waals surface area contributed by atoms with Crippen LogP contribution in [0.1, 0.15) is 26.7 Å². The largest absolute Gasteiger partial charge is 0.293 e. The Hall–Kier alpha value is -0.320. The maximum absolute atomic E-state index is 11.5. The zero-order valence-corrected chi connectivity index (χ0v) is 17.2. The summed E-state index contributed by atoms with van der Waals surface area (Å²) in [4.78, 5) is 0. The van der Waals surface area contributed by atoms with E-state index in [4.69, 9.17) is 0 Å². The Morgan fingerprint density at radius 1 is 0.680 bits per heavy atom. The normalized spacial score (nSPS) is 14.1. The van der Waals surface area contributed by atoms with Gasteiger partial charge in [-0.05, 0) is 26.7 Å². The molecule has 0 aromatic carbocycles. The first-order chi connectivity index (χ1) is 11.0. The van der Waals surface area contributed by atoms with Crippen molar-refractivity contribution in [1.82, 2.24) is 0 Å².